The van der Waals surface area contributed by atoms with Crippen LogP contribution in [-0.4, -0.2) is 23.5 Å². The lowest BCUT2D eigenvalue weighted by Gasteiger charge is -2.35. The van der Waals surface area contributed by atoms with E-state index in [-0.39, 0.29) is 5.41 Å². The normalized spacial score (nSPS) is 14.1. The summed E-state index contributed by atoms with van der Waals surface area (Å²) in [6.07, 6.45) is 5.63. The van der Waals surface area contributed by atoms with Gasteiger partial charge < -0.3 is 9.16 Å². The number of hydrogen-bond donors (Lipinski definition) is 0. The van der Waals surface area contributed by atoms with Crippen molar-refractivity contribution < 1.29 is 9.16 Å². The van der Waals surface area contributed by atoms with Crippen molar-refractivity contribution in [3.05, 3.63) is 53.1 Å². The first-order valence-corrected chi connectivity index (χ1v) is 17.0. The summed E-state index contributed by atoms with van der Waals surface area (Å²) in [5, 5.41) is 2.83. The summed E-state index contributed by atoms with van der Waals surface area (Å²) in [7, 11) is -2.08. The number of allylic oxidation sites excluding steroid dienone is 1. The Kier molecular flexibility index (Phi) is 5.65. The first-order chi connectivity index (χ1) is 13.3. The predicted octanol–water partition coefficient (Wildman–Crippen LogP) is 5.60. The second kappa shape index (κ2) is 7.48. The Morgan fingerprint density at radius 1 is 0.931 bits per heavy atom. The molecule has 0 N–H and O–H groups in total. The Balaban J connectivity index is 2.32. The highest BCUT2D eigenvalue weighted by atomic mass is 28.4. The van der Waals surface area contributed by atoms with Gasteiger partial charge in [-0.2, -0.15) is 0 Å². The molecule has 0 unspecified atom stereocenters. The lowest BCUT2D eigenvalue weighted by Crippen LogP contribution is -2.55. The summed E-state index contributed by atoms with van der Waals surface area (Å²) in [4.78, 5) is 0. The van der Waals surface area contributed by atoms with Crippen molar-refractivity contribution in [2.24, 2.45) is 0 Å². The lowest BCUT2D eigenvalue weighted by atomic mass is 9.86. The molecule has 0 saturated carbocycles. The summed E-state index contributed by atoms with van der Waals surface area (Å²) in [6.45, 7) is 18.5. The maximum absolute atomic E-state index is 6.82. The third-order valence-electron chi connectivity index (χ3n) is 5.68. The summed E-state index contributed by atoms with van der Waals surface area (Å²) in [6, 6.07) is 11.2. The standard InChI is InChI=1S/C25H36O2Si2/c1-25(2,3)21-16-19(26-4)17-23(24(21)27-28(5,6)7)29(8,9)22-15-11-13-18-12-10-14-20(18)22/h10-11,13-17H,12H2,1-9H3. The molecule has 2 aromatic rings. The highest BCUT2D eigenvalue weighted by molar-refractivity contribution is 7.01. The Labute approximate surface area is 179 Å². The Morgan fingerprint density at radius 2 is 1.62 bits per heavy atom. The van der Waals surface area contributed by atoms with Crippen LogP contribution in [0.5, 0.6) is 11.5 Å². The number of hydrogen-bond acceptors (Lipinski definition) is 2. The number of methoxy groups -OCH3 is 1. The molecule has 2 nitrogen and oxygen atoms in total. The Bertz CT molecular complexity index is 945. The van der Waals surface area contributed by atoms with E-state index in [2.05, 4.69) is 96.0 Å². The van der Waals surface area contributed by atoms with E-state index in [9.17, 15) is 0 Å². The van der Waals surface area contributed by atoms with Gasteiger partial charge >= 0.3 is 0 Å². The molecule has 0 aliphatic heterocycles. The van der Waals surface area contributed by atoms with Crippen LogP contribution in [0.1, 0.15) is 37.5 Å². The van der Waals surface area contributed by atoms with Crippen LogP contribution < -0.4 is 19.5 Å². The molecule has 3 rings (SSSR count). The molecule has 0 saturated heterocycles. The van der Waals surface area contributed by atoms with Crippen molar-refractivity contribution >= 4 is 32.8 Å². The van der Waals surface area contributed by atoms with Crippen LogP contribution in [0.3, 0.4) is 0 Å². The van der Waals surface area contributed by atoms with Crippen molar-refractivity contribution in [1.82, 2.24) is 0 Å². The molecule has 29 heavy (non-hydrogen) atoms. The molecule has 0 atom stereocenters. The molecule has 0 bridgehead atoms. The molecular formula is C25H36O2Si2. The van der Waals surface area contributed by atoms with Gasteiger partial charge in [0.15, 0.2) is 0 Å². The van der Waals surface area contributed by atoms with Crippen LogP contribution in [0.25, 0.3) is 6.08 Å². The average Bonchev–Trinajstić information content (AvgIpc) is 3.07. The van der Waals surface area contributed by atoms with Gasteiger partial charge in [-0.15, -0.1) is 0 Å². The van der Waals surface area contributed by atoms with Gasteiger partial charge in [0, 0.05) is 5.56 Å². The molecule has 4 heteroatoms. The van der Waals surface area contributed by atoms with E-state index in [0.717, 1.165) is 17.9 Å². The van der Waals surface area contributed by atoms with Crippen LogP contribution in [0.2, 0.25) is 32.7 Å². The van der Waals surface area contributed by atoms with Crippen molar-refractivity contribution in [2.75, 3.05) is 7.11 Å². The van der Waals surface area contributed by atoms with Crippen LogP contribution in [0.4, 0.5) is 0 Å². The fourth-order valence-electron chi connectivity index (χ4n) is 4.14. The Morgan fingerprint density at radius 3 is 2.21 bits per heavy atom. The van der Waals surface area contributed by atoms with Crippen molar-refractivity contribution in [1.29, 1.82) is 0 Å². The highest BCUT2D eigenvalue weighted by Crippen LogP contribution is 2.36. The van der Waals surface area contributed by atoms with Crippen molar-refractivity contribution in [3.63, 3.8) is 0 Å². The first-order valence-electron chi connectivity index (χ1n) is 10.6. The molecular weight excluding hydrogens is 388 g/mol. The molecule has 1 aliphatic carbocycles. The zero-order valence-electron chi connectivity index (χ0n) is 19.6. The summed E-state index contributed by atoms with van der Waals surface area (Å²) in [5.41, 5.74) is 4.08. The second-order valence-corrected chi connectivity index (χ2v) is 19.4. The van der Waals surface area contributed by atoms with Gasteiger partial charge in [0.2, 0.25) is 8.32 Å². The van der Waals surface area contributed by atoms with E-state index >= 15 is 0 Å². The van der Waals surface area contributed by atoms with E-state index < -0.39 is 16.4 Å². The zero-order valence-corrected chi connectivity index (χ0v) is 21.6. The van der Waals surface area contributed by atoms with Crippen LogP contribution in [0.15, 0.2) is 36.4 Å². The van der Waals surface area contributed by atoms with Crippen LogP contribution in [0, 0.1) is 0 Å². The summed E-state index contributed by atoms with van der Waals surface area (Å²) in [5.74, 6) is 2.03. The number of fused-ring (bicyclic) bond motifs is 1. The largest absolute Gasteiger partial charge is 0.544 e. The maximum atomic E-state index is 6.82. The van der Waals surface area contributed by atoms with E-state index in [0.29, 0.717) is 0 Å². The average molecular weight is 425 g/mol. The number of benzene rings is 2. The minimum absolute atomic E-state index is 0.0265. The SMILES string of the molecule is COc1cc(C(C)(C)C)c(O[Si](C)(C)C)c([Si](C)(C)c2cccc3c2C=CC3)c1. The summed E-state index contributed by atoms with van der Waals surface area (Å²) < 4.78 is 12.6. The van der Waals surface area contributed by atoms with Crippen LogP contribution in [-0.2, 0) is 11.8 Å². The quantitative estimate of drug-likeness (QED) is 0.582. The molecule has 0 spiro atoms. The molecule has 0 fully saturated rings. The molecule has 0 radical (unpaired) electrons. The molecule has 156 valence electrons. The van der Waals surface area contributed by atoms with Gasteiger partial charge in [0.05, 0.1) is 7.11 Å². The van der Waals surface area contributed by atoms with E-state index in [4.69, 9.17) is 9.16 Å². The van der Waals surface area contributed by atoms with Gasteiger partial charge in [-0.1, -0.05) is 64.2 Å². The fourth-order valence-corrected chi connectivity index (χ4v) is 8.05. The summed E-state index contributed by atoms with van der Waals surface area (Å²) >= 11 is 0. The third-order valence-corrected chi connectivity index (χ3v) is 10.00. The van der Waals surface area contributed by atoms with Gasteiger partial charge in [-0.25, -0.2) is 0 Å². The molecule has 0 amide bonds. The molecule has 1 aliphatic rings. The van der Waals surface area contributed by atoms with Crippen molar-refractivity contribution in [3.8, 4) is 11.5 Å². The molecule has 2 aromatic carbocycles. The van der Waals surface area contributed by atoms with Crippen LogP contribution >= 0.6 is 0 Å². The smallest absolute Gasteiger partial charge is 0.242 e. The monoisotopic (exact) mass is 424 g/mol. The minimum Gasteiger partial charge on any atom is -0.544 e. The molecule has 0 aromatic heterocycles. The topological polar surface area (TPSA) is 18.5 Å². The second-order valence-electron chi connectivity index (χ2n) is 10.6. The highest BCUT2D eigenvalue weighted by Gasteiger charge is 2.37. The first kappa shape index (κ1) is 21.9. The fraction of sp³-hybridized carbons (Fsp3) is 0.440. The number of ether oxygens (including phenoxy) is 1. The maximum Gasteiger partial charge on any atom is 0.242 e. The predicted molar refractivity (Wildman–Crippen MR) is 132 cm³/mol. The minimum atomic E-state index is -2.05. The third kappa shape index (κ3) is 4.38. The van der Waals surface area contributed by atoms with Gasteiger partial charge in [0.25, 0.3) is 0 Å². The molecule has 0 heterocycles. The van der Waals surface area contributed by atoms with E-state index in [1.807, 2.05) is 0 Å². The van der Waals surface area contributed by atoms with Gasteiger partial charge in [-0.3, -0.25) is 0 Å². The van der Waals surface area contributed by atoms with Crippen molar-refractivity contribution in [2.45, 2.75) is 65.3 Å². The zero-order chi connectivity index (χ0) is 21.6. The van der Waals surface area contributed by atoms with E-state index in [1.165, 1.54) is 27.1 Å². The number of rotatable bonds is 5. The van der Waals surface area contributed by atoms with Gasteiger partial charge in [0.1, 0.15) is 19.6 Å². The Hall–Kier alpha value is -1.79. The lowest BCUT2D eigenvalue weighted by molar-refractivity contribution is 0.411. The van der Waals surface area contributed by atoms with Gasteiger partial charge in [-0.05, 0) is 65.1 Å². The van der Waals surface area contributed by atoms with E-state index in [1.54, 1.807) is 7.11 Å².